The third-order valence-corrected chi connectivity index (χ3v) is 14.2. The Bertz CT molecular complexity index is 1330. The van der Waals surface area contributed by atoms with Crippen LogP contribution in [0.25, 0.3) is 31.7 Å². The van der Waals surface area contributed by atoms with Gasteiger partial charge < -0.3 is 0 Å². The van der Waals surface area contributed by atoms with Crippen molar-refractivity contribution in [3.8, 4) is 19.5 Å². The van der Waals surface area contributed by atoms with Crippen molar-refractivity contribution in [2.24, 2.45) is 0 Å². The Morgan fingerprint density at radius 2 is 0.750 bits per heavy atom. The summed E-state index contributed by atoms with van der Waals surface area (Å²) in [7, 11) is 0. The number of aryl methyl sites for hydroxylation is 4. The zero-order chi connectivity index (χ0) is 33.8. The zero-order valence-electron chi connectivity index (χ0n) is 30.8. The molecule has 0 saturated heterocycles. The van der Waals surface area contributed by atoms with E-state index in [4.69, 9.17) is 0 Å². The Morgan fingerprint density at radius 3 is 1.10 bits per heavy atom. The summed E-state index contributed by atoms with van der Waals surface area (Å²) in [6.07, 6.45) is 35.1. The Balaban J connectivity index is 1.22. The molecule has 0 atom stereocenters. The van der Waals surface area contributed by atoms with E-state index < -0.39 is 0 Å². The molecule has 4 aromatic rings. The molecule has 0 aliphatic rings. The zero-order valence-corrected chi connectivity index (χ0v) is 34.1. The molecule has 4 aromatic heterocycles. The third kappa shape index (κ3) is 14.0. The first-order valence-corrected chi connectivity index (χ1v) is 22.9. The van der Waals surface area contributed by atoms with Gasteiger partial charge in [0, 0.05) is 39.0 Å². The molecule has 0 fully saturated rings. The fraction of sp³-hybridized carbons (Fsp3) is 0.591. The van der Waals surface area contributed by atoms with Crippen molar-refractivity contribution in [2.45, 2.75) is 169 Å². The smallest absolute Gasteiger partial charge is 0.0477 e. The number of hydrogen-bond donors (Lipinski definition) is 0. The highest BCUT2D eigenvalue weighted by atomic mass is 32.1. The van der Waals surface area contributed by atoms with Crippen LogP contribution in [0.4, 0.5) is 0 Å². The second kappa shape index (κ2) is 23.1. The molecule has 4 rings (SSSR count). The van der Waals surface area contributed by atoms with Gasteiger partial charge in [-0.05, 0) is 99.2 Å². The van der Waals surface area contributed by atoms with Gasteiger partial charge in [0.25, 0.3) is 0 Å². The standard InChI is InChI=1S/C44H64S4/c1-5-7-9-11-13-15-17-19-21-23-25-37-33-35(3)45-43(37)41-31-29-39(47-41)27-28-40-30-32-42(48-40)44-38(34-36(4)46-44)26-24-22-20-18-16-14-12-10-8-6-2/h27-34H,5-26H2,1-4H3/b28-27+. The molecule has 4 heteroatoms. The van der Waals surface area contributed by atoms with E-state index >= 15 is 0 Å². The minimum Gasteiger partial charge on any atom is -0.139 e. The van der Waals surface area contributed by atoms with Gasteiger partial charge in [0.15, 0.2) is 0 Å². The van der Waals surface area contributed by atoms with Crippen LogP contribution in [0, 0.1) is 13.8 Å². The van der Waals surface area contributed by atoms with Gasteiger partial charge >= 0.3 is 0 Å². The lowest BCUT2D eigenvalue weighted by molar-refractivity contribution is 0.556. The van der Waals surface area contributed by atoms with Gasteiger partial charge in [0.05, 0.1) is 0 Å². The molecule has 0 unspecified atom stereocenters. The molecular weight excluding hydrogens is 657 g/mol. The van der Waals surface area contributed by atoms with Crippen molar-refractivity contribution in [1.29, 1.82) is 0 Å². The van der Waals surface area contributed by atoms with Crippen LogP contribution in [0.2, 0.25) is 0 Å². The van der Waals surface area contributed by atoms with E-state index in [1.165, 1.54) is 180 Å². The van der Waals surface area contributed by atoms with Crippen LogP contribution in [0.5, 0.6) is 0 Å². The SMILES string of the molecule is CCCCCCCCCCCCc1cc(C)sc1-c1ccc(/C=C/c2ccc(-c3sc(C)cc3CCCCCCCCCCCC)s2)s1. The third-order valence-electron chi connectivity index (χ3n) is 9.58. The topological polar surface area (TPSA) is 0 Å². The van der Waals surface area contributed by atoms with Crippen molar-refractivity contribution < 1.29 is 0 Å². The highest BCUT2D eigenvalue weighted by molar-refractivity contribution is 7.23. The quantitative estimate of drug-likeness (QED) is 0.0567. The van der Waals surface area contributed by atoms with Crippen LogP contribution >= 0.6 is 45.3 Å². The molecule has 4 heterocycles. The first-order valence-electron chi connectivity index (χ1n) is 19.6. The summed E-state index contributed by atoms with van der Waals surface area (Å²) in [4.78, 5) is 11.5. The summed E-state index contributed by atoms with van der Waals surface area (Å²) in [5, 5.41) is 0. The van der Waals surface area contributed by atoms with Gasteiger partial charge in [-0.15, -0.1) is 45.3 Å². The second-order valence-electron chi connectivity index (χ2n) is 14.0. The van der Waals surface area contributed by atoms with E-state index in [9.17, 15) is 0 Å². The maximum Gasteiger partial charge on any atom is 0.0477 e. The summed E-state index contributed by atoms with van der Waals surface area (Å²) in [6, 6.07) is 14.2. The lowest BCUT2D eigenvalue weighted by atomic mass is 10.0. The van der Waals surface area contributed by atoms with Gasteiger partial charge in [-0.3, -0.25) is 0 Å². The lowest BCUT2D eigenvalue weighted by Crippen LogP contribution is -1.86. The molecule has 0 spiro atoms. The van der Waals surface area contributed by atoms with Crippen molar-refractivity contribution in [3.05, 3.63) is 67.0 Å². The maximum absolute atomic E-state index is 2.45. The Labute approximate surface area is 311 Å². The van der Waals surface area contributed by atoms with Crippen LogP contribution in [0.1, 0.15) is 173 Å². The Morgan fingerprint density at radius 1 is 0.417 bits per heavy atom. The molecule has 0 saturated carbocycles. The summed E-state index contributed by atoms with van der Waals surface area (Å²) < 4.78 is 0. The normalized spacial score (nSPS) is 11.8. The van der Waals surface area contributed by atoms with Crippen LogP contribution in [-0.4, -0.2) is 0 Å². The average molecular weight is 721 g/mol. The summed E-state index contributed by atoms with van der Waals surface area (Å²) >= 11 is 7.87. The maximum atomic E-state index is 2.45. The van der Waals surface area contributed by atoms with E-state index in [1.54, 1.807) is 11.1 Å². The van der Waals surface area contributed by atoms with E-state index in [0.29, 0.717) is 0 Å². The van der Waals surface area contributed by atoms with Crippen molar-refractivity contribution in [2.75, 3.05) is 0 Å². The monoisotopic (exact) mass is 720 g/mol. The summed E-state index contributed by atoms with van der Waals surface area (Å²) in [5.41, 5.74) is 3.13. The minimum atomic E-state index is 1.22. The van der Waals surface area contributed by atoms with E-state index in [-0.39, 0.29) is 0 Å². The lowest BCUT2D eigenvalue weighted by Gasteiger charge is -2.04. The molecule has 0 N–H and O–H groups in total. The summed E-state index contributed by atoms with van der Waals surface area (Å²) in [6.45, 7) is 9.15. The van der Waals surface area contributed by atoms with Crippen LogP contribution in [-0.2, 0) is 12.8 Å². The van der Waals surface area contributed by atoms with Gasteiger partial charge in [-0.2, -0.15) is 0 Å². The fourth-order valence-electron chi connectivity index (χ4n) is 6.82. The fourth-order valence-corrected chi connectivity index (χ4v) is 11.1. The average Bonchev–Trinajstić information content (AvgIpc) is 3.89. The molecule has 48 heavy (non-hydrogen) atoms. The molecule has 0 amide bonds. The molecular formula is C44H64S4. The molecule has 0 aliphatic carbocycles. The van der Waals surface area contributed by atoms with E-state index in [2.05, 4.69) is 76.2 Å². The van der Waals surface area contributed by atoms with Crippen molar-refractivity contribution in [1.82, 2.24) is 0 Å². The highest BCUT2D eigenvalue weighted by Crippen LogP contribution is 2.40. The first kappa shape index (κ1) is 39.3. The highest BCUT2D eigenvalue weighted by Gasteiger charge is 2.13. The van der Waals surface area contributed by atoms with Crippen LogP contribution in [0.15, 0.2) is 36.4 Å². The van der Waals surface area contributed by atoms with Gasteiger partial charge in [0.1, 0.15) is 0 Å². The molecule has 0 bridgehead atoms. The summed E-state index contributed by atoms with van der Waals surface area (Å²) in [5.74, 6) is 0. The van der Waals surface area contributed by atoms with E-state index in [0.717, 1.165) is 0 Å². The number of rotatable bonds is 26. The number of hydrogen-bond acceptors (Lipinski definition) is 4. The van der Waals surface area contributed by atoms with Gasteiger partial charge in [-0.25, -0.2) is 0 Å². The van der Waals surface area contributed by atoms with Crippen LogP contribution < -0.4 is 0 Å². The molecule has 0 aliphatic heterocycles. The Hall–Kier alpha value is -1.46. The first-order chi connectivity index (χ1) is 23.6. The number of unbranched alkanes of at least 4 members (excludes halogenated alkanes) is 18. The van der Waals surface area contributed by atoms with Gasteiger partial charge in [0.2, 0.25) is 0 Å². The molecule has 0 aromatic carbocycles. The second-order valence-corrected chi connectivity index (χ2v) is 18.8. The largest absolute Gasteiger partial charge is 0.139 e. The Kier molecular flexibility index (Phi) is 18.9. The van der Waals surface area contributed by atoms with Gasteiger partial charge in [-0.1, -0.05) is 129 Å². The van der Waals surface area contributed by atoms with Crippen LogP contribution in [0.3, 0.4) is 0 Å². The predicted octanol–water partition coefficient (Wildman–Crippen LogP) is 17.0. The van der Waals surface area contributed by atoms with E-state index in [1.807, 2.05) is 45.3 Å². The predicted molar refractivity (Wildman–Crippen MR) is 225 cm³/mol. The molecule has 264 valence electrons. The minimum absolute atomic E-state index is 1.22. The number of thiophene rings is 4. The molecule has 0 nitrogen and oxygen atoms in total. The van der Waals surface area contributed by atoms with Crippen molar-refractivity contribution >= 4 is 57.5 Å². The van der Waals surface area contributed by atoms with Crippen molar-refractivity contribution in [3.63, 3.8) is 0 Å². The molecule has 0 radical (unpaired) electrons.